The Morgan fingerprint density at radius 3 is 2.84 bits per heavy atom. The molecule has 190 valence electrons. The van der Waals surface area contributed by atoms with Crippen molar-refractivity contribution < 1.29 is 14.3 Å². The number of esters is 1. The number of amides is 1. The highest BCUT2D eigenvalue weighted by Crippen LogP contribution is 2.37. The lowest BCUT2D eigenvalue weighted by Crippen LogP contribution is -2.29. The number of ether oxygens (including phenoxy) is 1. The van der Waals surface area contributed by atoms with E-state index in [1.165, 1.54) is 35.3 Å². The second kappa shape index (κ2) is 10.9. The number of hydrogen-bond acceptors (Lipinski definition) is 4. The van der Waals surface area contributed by atoms with E-state index in [2.05, 4.69) is 68.8 Å². The van der Waals surface area contributed by atoms with Gasteiger partial charge in [0.1, 0.15) is 5.69 Å². The van der Waals surface area contributed by atoms with Gasteiger partial charge in [0, 0.05) is 55.6 Å². The molecule has 1 amide bonds. The summed E-state index contributed by atoms with van der Waals surface area (Å²) in [6, 6.07) is 17.0. The lowest BCUT2D eigenvalue weighted by molar-refractivity contribution is -0.134. The quantitative estimate of drug-likeness (QED) is 0.230. The van der Waals surface area contributed by atoms with Crippen molar-refractivity contribution >= 4 is 28.9 Å². The van der Waals surface area contributed by atoms with Crippen LogP contribution in [0, 0.1) is 0 Å². The van der Waals surface area contributed by atoms with Gasteiger partial charge in [-0.25, -0.2) is 4.79 Å². The number of fused-ring (bicyclic) bond motifs is 2. The molecule has 0 spiro atoms. The molecule has 7 nitrogen and oxygen atoms in total. The van der Waals surface area contributed by atoms with E-state index in [1.54, 1.807) is 13.1 Å². The molecule has 1 aliphatic carbocycles. The Kier molecular flexibility index (Phi) is 7.23. The molecule has 3 N–H and O–H groups in total. The number of H-pyrrole nitrogens is 2. The van der Waals surface area contributed by atoms with Crippen LogP contribution < -0.4 is 5.32 Å². The second-order valence-corrected chi connectivity index (χ2v) is 9.45. The highest BCUT2D eigenvalue weighted by atomic mass is 16.5. The van der Waals surface area contributed by atoms with Gasteiger partial charge in [0.2, 0.25) is 0 Å². The Labute approximate surface area is 216 Å². The number of nitrogens with one attached hydrogen (secondary N) is 3. The maximum atomic E-state index is 12.1. The number of aromatic nitrogens is 2. The fraction of sp³-hybridized carbons (Fsp3) is 0.267. The predicted molar refractivity (Wildman–Crippen MR) is 145 cm³/mol. The van der Waals surface area contributed by atoms with Crippen molar-refractivity contribution in [3.8, 4) is 0 Å². The van der Waals surface area contributed by atoms with E-state index in [0.29, 0.717) is 5.69 Å². The van der Waals surface area contributed by atoms with E-state index in [-0.39, 0.29) is 17.9 Å². The number of para-hydroxylation sites is 1. The summed E-state index contributed by atoms with van der Waals surface area (Å²) in [6.07, 6.45) is 10.2. The van der Waals surface area contributed by atoms with Crippen molar-refractivity contribution in [2.75, 3.05) is 20.7 Å². The van der Waals surface area contributed by atoms with Crippen molar-refractivity contribution in [3.05, 3.63) is 101 Å². The van der Waals surface area contributed by atoms with E-state index in [9.17, 15) is 9.59 Å². The van der Waals surface area contributed by atoms with Crippen molar-refractivity contribution in [2.45, 2.75) is 31.8 Å². The van der Waals surface area contributed by atoms with E-state index in [4.69, 9.17) is 4.74 Å². The van der Waals surface area contributed by atoms with Crippen LogP contribution in [0.1, 0.15) is 50.8 Å². The molecule has 1 aliphatic rings. The Morgan fingerprint density at radius 1 is 1.14 bits per heavy atom. The average Bonchev–Trinajstić information content (AvgIpc) is 3.67. The highest BCUT2D eigenvalue weighted by Gasteiger charge is 2.28. The van der Waals surface area contributed by atoms with Crippen LogP contribution in [-0.4, -0.2) is 47.4 Å². The Morgan fingerprint density at radius 2 is 2.00 bits per heavy atom. The summed E-state index contributed by atoms with van der Waals surface area (Å²) in [5.74, 6) is -0.472. The van der Waals surface area contributed by atoms with Crippen LogP contribution in [0.25, 0.3) is 17.0 Å². The fourth-order valence-electron chi connectivity index (χ4n) is 5.31. The number of hydrogen-bond donors (Lipinski definition) is 3. The third kappa shape index (κ3) is 5.37. The van der Waals surface area contributed by atoms with Gasteiger partial charge in [0.15, 0.2) is 0 Å². The Bertz CT molecular complexity index is 1450. The van der Waals surface area contributed by atoms with Gasteiger partial charge in [-0.2, -0.15) is 0 Å². The molecule has 1 atom stereocenters. The van der Waals surface area contributed by atoms with Crippen LogP contribution in [0.5, 0.6) is 0 Å². The molecule has 2 aromatic heterocycles. The summed E-state index contributed by atoms with van der Waals surface area (Å²) in [6.45, 7) is 1.63. The molecule has 0 saturated carbocycles. The minimum Gasteiger partial charge on any atom is -0.466 e. The fourth-order valence-corrected chi connectivity index (χ4v) is 5.31. The van der Waals surface area contributed by atoms with E-state index < -0.39 is 0 Å². The van der Waals surface area contributed by atoms with Crippen molar-refractivity contribution in [2.24, 2.45) is 0 Å². The van der Waals surface area contributed by atoms with Gasteiger partial charge >= 0.3 is 5.97 Å². The minimum absolute atomic E-state index is 0.115. The maximum absolute atomic E-state index is 12.1. The normalized spacial score (nSPS) is 14.9. The van der Waals surface area contributed by atoms with Gasteiger partial charge in [-0.3, -0.25) is 9.69 Å². The standard InChI is InChI=1S/C30H32N4O3/c1-31-30(36)27-16-21(17-32-27)19-34(14-13-23-18-33-26-6-4-3-5-24(23)26)28-11-9-22-15-20(7-10-25(22)28)8-12-29(35)37-2/h3-8,10,12,15-18,28,32-33H,9,11,13-14,19H2,1-2H3,(H,31,36)/b12-8+. The molecule has 0 bridgehead atoms. The van der Waals surface area contributed by atoms with E-state index >= 15 is 0 Å². The monoisotopic (exact) mass is 496 g/mol. The number of benzene rings is 2. The lowest BCUT2D eigenvalue weighted by Gasteiger charge is -2.29. The van der Waals surface area contributed by atoms with Gasteiger partial charge in [0.05, 0.1) is 7.11 Å². The minimum atomic E-state index is -0.357. The molecular weight excluding hydrogens is 464 g/mol. The Balaban J connectivity index is 1.39. The number of methoxy groups -OCH3 is 1. The summed E-state index contributed by atoms with van der Waals surface area (Å²) in [5, 5.41) is 3.95. The molecule has 0 aliphatic heterocycles. The number of rotatable bonds is 9. The maximum Gasteiger partial charge on any atom is 0.330 e. The zero-order chi connectivity index (χ0) is 25.8. The van der Waals surface area contributed by atoms with Gasteiger partial charge in [-0.1, -0.05) is 36.4 Å². The van der Waals surface area contributed by atoms with E-state index in [1.807, 2.05) is 12.3 Å². The van der Waals surface area contributed by atoms with Gasteiger partial charge in [-0.05, 0) is 65.3 Å². The first-order chi connectivity index (χ1) is 18.1. The molecule has 4 aromatic rings. The number of nitrogens with zero attached hydrogens (tertiary/aromatic N) is 1. The average molecular weight is 497 g/mol. The molecule has 37 heavy (non-hydrogen) atoms. The SMILES string of the molecule is CNC(=O)c1cc(CN(CCc2c[nH]c3ccccc23)C2CCc3cc(/C=C/C(=O)OC)ccc32)c[nH]1. The molecule has 0 radical (unpaired) electrons. The number of carbonyl (C=O) groups is 2. The number of aromatic amines is 2. The smallest absolute Gasteiger partial charge is 0.330 e. The largest absolute Gasteiger partial charge is 0.466 e. The summed E-state index contributed by atoms with van der Waals surface area (Å²) in [7, 11) is 3.02. The molecule has 7 heteroatoms. The first kappa shape index (κ1) is 24.6. The van der Waals surface area contributed by atoms with Gasteiger partial charge in [-0.15, -0.1) is 0 Å². The van der Waals surface area contributed by atoms with Crippen LogP contribution in [0.2, 0.25) is 0 Å². The summed E-state index contributed by atoms with van der Waals surface area (Å²) in [4.78, 5) is 32.6. The molecule has 1 unspecified atom stereocenters. The third-order valence-electron chi connectivity index (χ3n) is 7.21. The van der Waals surface area contributed by atoms with Crippen molar-refractivity contribution in [1.29, 1.82) is 0 Å². The van der Waals surface area contributed by atoms with Crippen LogP contribution >= 0.6 is 0 Å². The van der Waals surface area contributed by atoms with Gasteiger partial charge < -0.3 is 20.0 Å². The lowest BCUT2D eigenvalue weighted by atomic mass is 10.0. The topological polar surface area (TPSA) is 90.2 Å². The van der Waals surface area contributed by atoms with Crippen molar-refractivity contribution in [3.63, 3.8) is 0 Å². The molecule has 0 saturated heterocycles. The zero-order valence-corrected chi connectivity index (χ0v) is 21.2. The van der Waals surface area contributed by atoms with Crippen LogP contribution in [-0.2, 0) is 28.9 Å². The van der Waals surface area contributed by atoms with Crippen LogP contribution in [0.4, 0.5) is 0 Å². The number of aryl methyl sites for hydroxylation is 1. The molecule has 0 fully saturated rings. The van der Waals surface area contributed by atoms with Crippen LogP contribution in [0.3, 0.4) is 0 Å². The molecular formula is C30H32N4O3. The highest BCUT2D eigenvalue weighted by molar-refractivity contribution is 5.92. The van der Waals surface area contributed by atoms with Gasteiger partial charge in [0.25, 0.3) is 5.91 Å². The summed E-state index contributed by atoms with van der Waals surface area (Å²) < 4.78 is 4.72. The summed E-state index contributed by atoms with van der Waals surface area (Å²) in [5.41, 5.74) is 7.76. The first-order valence-electron chi connectivity index (χ1n) is 12.6. The first-order valence-corrected chi connectivity index (χ1v) is 12.6. The molecule has 2 heterocycles. The van der Waals surface area contributed by atoms with Crippen LogP contribution in [0.15, 0.2) is 67.0 Å². The second-order valence-electron chi connectivity index (χ2n) is 9.45. The molecule has 5 rings (SSSR count). The predicted octanol–water partition coefficient (Wildman–Crippen LogP) is 4.77. The zero-order valence-electron chi connectivity index (χ0n) is 21.2. The third-order valence-corrected chi connectivity index (χ3v) is 7.21. The number of carbonyl (C=O) groups excluding carboxylic acids is 2. The summed E-state index contributed by atoms with van der Waals surface area (Å²) >= 11 is 0. The molecule has 2 aromatic carbocycles. The van der Waals surface area contributed by atoms with Crippen molar-refractivity contribution in [1.82, 2.24) is 20.2 Å². The Hall–Kier alpha value is -4.10. The van der Waals surface area contributed by atoms with E-state index in [0.717, 1.165) is 49.0 Å².